The summed E-state index contributed by atoms with van der Waals surface area (Å²) in [5.74, 6) is -0.223. The maximum atomic E-state index is 12.9. The molecule has 21 heavy (non-hydrogen) atoms. The number of hydrogen-bond donors (Lipinski definition) is 2. The predicted molar refractivity (Wildman–Crippen MR) is 83.4 cm³/mol. The highest BCUT2D eigenvalue weighted by Crippen LogP contribution is 2.19. The van der Waals surface area contributed by atoms with Crippen LogP contribution in [0.5, 0.6) is 0 Å². The number of rotatable bonds is 5. The number of nitrogens with two attached hydrogens (primary N) is 1. The van der Waals surface area contributed by atoms with Gasteiger partial charge >= 0.3 is 0 Å². The summed E-state index contributed by atoms with van der Waals surface area (Å²) in [5, 5.41) is 12.1. The first-order valence-electron chi connectivity index (χ1n) is 6.85. The standard InChI is InChI=1S/C17H18FN3/c1-12(10-13-2-4-15(18)5-3-13)21-16-6-7-17(20)14(11-16)8-9-19/h2-7,11-12,21H,8,10,20H2,1H3. The van der Waals surface area contributed by atoms with Crippen LogP contribution < -0.4 is 11.1 Å². The van der Waals surface area contributed by atoms with Crippen LogP contribution in [0.15, 0.2) is 42.5 Å². The molecule has 0 amide bonds. The van der Waals surface area contributed by atoms with E-state index in [9.17, 15) is 4.39 Å². The monoisotopic (exact) mass is 283 g/mol. The molecular weight excluding hydrogens is 265 g/mol. The number of halogens is 1. The van der Waals surface area contributed by atoms with Crippen molar-refractivity contribution in [2.24, 2.45) is 0 Å². The molecule has 0 aromatic heterocycles. The highest BCUT2D eigenvalue weighted by atomic mass is 19.1. The number of nitrogens with zero attached hydrogens (tertiary/aromatic N) is 1. The van der Waals surface area contributed by atoms with Gasteiger partial charge in [0.05, 0.1) is 12.5 Å². The summed E-state index contributed by atoms with van der Waals surface area (Å²) in [7, 11) is 0. The van der Waals surface area contributed by atoms with E-state index in [1.165, 1.54) is 12.1 Å². The summed E-state index contributed by atoms with van der Waals surface area (Å²) in [6.45, 7) is 2.06. The number of nitrogens with one attached hydrogen (secondary N) is 1. The molecule has 1 unspecified atom stereocenters. The molecule has 3 N–H and O–H groups in total. The van der Waals surface area contributed by atoms with E-state index in [2.05, 4.69) is 18.3 Å². The number of nitriles is 1. The van der Waals surface area contributed by atoms with Crippen molar-refractivity contribution in [2.45, 2.75) is 25.8 Å². The zero-order valence-corrected chi connectivity index (χ0v) is 11.9. The van der Waals surface area contributed by atoms with E-state index in [-0.39, 0.29) is 11.9 Å². The maximum absolute atomic E-state index is 12.9. The van der Waals surface area contributed by atoms with Crippen LogP contribution in [0.25, 0.3) is 0 Å². The summed E-state index contributed by atoms with van der Waals surface area (Å²) >= 11 is 0. The smallest absolute Gasteiger partial charge is 0.123 e. The second-order valence-corrected chi connectivity index (χ2v) is 5.12. The Morgan fingerprint density at radius 2 is 1.95 bits per heavy atom. The third-order valence-electron chi connectivity index (χ3n) is 3.28. The average molecular weight is 283 g/mol. The van der Waals surface area contributed by atoms with Crippen molar-refractivity contribution in [1.29, 1.82) is 5.26 Å². The second kappa shape index (κ2) is 6.76. The van der Waals surface area contributed by atoms with Gasteiger partial charge in [-0.05, 0) is 54.8 Å². The Kier molecular flexibility index (Phi) is 4.78. The number of nitrogen functional groups attached to an aromatic ring is 1. The van der Waals surface area contributed by atoms with Crippen molar-refractivity contribution >= 4 is 11.4 Å². The van der Waals surface area contributed by atoms with Crippen molar-refractivity contribution in [2.75, 3.05) is 11.1 Å². The first-order valence-corrected chi connectivity index (χ1v) is 6.85. The van der Waals surface area contributed by atoms with E-state index in [0.29, 0.717) is 12.1 Å². The summed E-state index contributed by atoms with van der Waals surface area (Å²) in [6, 6.07) is 14.4. The van der Waals surface area contributed by atoms with Gasteiger partial charge in [0.2, 0.25) is 0 Å². The first-order chi connectivity index (χ1) is 10.1. The van der Waals surface area contributed by atoms with Crippen LogP contribution in [0, 0.1) is 17.1 Å². The molecule has 0 spiro atoms. The Bertz CT molecular complexity index is 644. The van der Waals surface area contributed by atoms with Crippen LogP contribution in [-0.4, -0.2) is 6.04 Å². The van der Waals surface area contributed by atoms with Crippen LogP contribution in [0.2, 0.25) is 0 Å². The highest BCUT2D eigenvalue weighted by Gasteiger charge is 2.06. The van der Waals surface area contributed by atoms with E-state index in [0.717, 1.165) is 23.2 Å². The fraction of sp³-hybridized carbons (Fsp3) is 0.235. The first kappa shape index (κ1) is 14.9. The van der Waals surface area contributed by atoms with Gasteiger partial charge in [-0.25, -0.2) is 4.39 Å². The van der Waals surface area contributed by atoms with Crippen molar-refractivity contribution in [3.05, 3.63) is 59.4 Å². The predicted octanol–water partition coefficient (Wildman–Crippen LogP) is 3.52. The molecule has 1 atom stereocenters. The maximum Gasteiger partial charge on any atom is 0.123 e. The van der Waals surface area contributed by atoms with Crippen LogP contribution in [-0.2, 0) is 12.8 Å². The number of benzene rings is 2. The molecule has 2 aromatic carbocycles. The second-order valence-electron chi connectivity index (χ2n) is 5.12. The lowest BCUT2D eigenvalue weighted by molar-refractivity contribution is 0.626. The van der Waals surface area contributed by atoms with Crippen LogP contribution in [0.4, 0.5) is 15.8 Å². The lowest BCUT2D eigenvalue weighted by Gasteiger charge is -2.16. The summed E-state index contributed by atoms with van der Waals surface area (Å²) in [6.07, 6.45) is 1.09. The Morgan fingerprint density at radius 3 is 2.62 bits per heavy atom. The minimum absolute atomic E-state index is 0.189. The third-order valence-corrected chi connectivity index (χ3v) is 3.28. The van der Waals surface area contributed by atoms with Crippen molar-refractivity contribution in [3.8, 4) is 6.07 Å². The number of hydrogen-bond acceptors (Lipinski definition) is 3. The summed E-state index contributed by atoms with van der Waals surface area (Å²) in [5.41, 5.74) is 9.30. The summed E-state index contributed by atoms with van der Waals surface area (Å²) in [4.78, 5) is 0. The largest absolute Gasteiger partial charge is 0.398 e. The highest BCUT2D eigenvalue weighted by molar-refractivity contribution is 5.58. The van der Waals surface area contributed by atoms with E-state index < -0.39 is 0 Å². The van der Waals surface area contributed by atoms with Gasteiger partial charge in [-0.2, -0.15) is 5.26 Å². The molecule has 0 aliphatic rings. The molecule has 0 heterocycles. The molecule has 0 fully saturated rings. The van der Waals surface area contributed by atoms with Gasteiger partial charge in [0.25, 0.3) is 0 Å². The van der Waals surface area contributed by atoms with Crippen LogP contribution >= 0.6 is 0 Å². The lowest BCUT2D eigenvalue weighted by atomic mass is 10.1. The zero-order chi connectivity index (χ0) is 15.2. The van der Waals surface area contributed by atoms with Gasteiger partial charge in [-0.15, -0.1) is 0 Å². The molecule has 2 aromatic rings. The number of anilines is 2. The minimum atomic E-state index is -0.223. The molecule has 0 bridgehead atoms. The Morgan fingerprint density at radius 1 is 1.24 bits per heavy atom. The molecular formula is C17H18FN3. The van der Waals surface area contributed by atoms with E-state index >= 15 is 0 Å². The van der Waals surface area contributed by atoms with E-state index in [1.54, 1.807) is 18.2 Å². The minimum Gasteiger partial charge on any atom is -0.398 e. The summed E-state index contributed by atoms with van der Waals surface area (Å²) < 4.78 is 12.9. The van der Waals surface area contributed by atoms with Crippen LogP contribution in [0.1, 0.15) is 18.1 Å². The van der Waals surface area contributed by atoms with E-state index in [4.69, 9.17) is 11.0 Å². The topological polar surface area (TPSA) is 61.8 Å². The molecule has 4 heteroatoms. The third kappa shape index (κ3) is 4.22. The van der Waals surface area contributed by atoms with Gasteiger partial charge in [0, 0.05) is 17.4 Å². The Hall–Kier alpha value is -2.54. The van der Waals surface area contributed by atoms with Crippen molar-refractivity contribution < 1.29 is 4.39 Å². The fourth-order valence-corrected chi connectivity index (χ4v) is 2.24. The molecule has 3 nitrogen and oxygen atoms in total. The molecule has 0 saturated carbocycles. The molecule has 0 aliphatic heterocycles. The molecule has 0 radical (unpaired) electrons. The Labute approximate surface area is 124 Å². The van der Waals surface area contributed by atoms with Gasteiger partial charge in [-0.1, -0.05) is 12.1 Å². The lowest BCUT2D eigenvalue weighted by Crippen LogP contribution is -2.18. The Balaban J connectivity index is 2.02. The van der Waals surface area contributed by atoms with Gasteiger partial charge < -0.3 is 11.1 Å². The van der Waals surface area contributed by atoms with Crippen molar-refractivity contribution in [3.63, 3.8) is 0 Å². The quantitative estimate of drug-likeness (QED) is 0.825. The fourth-order valence-electron chi connectivity index (χ4n) is 2.24. The van der Waals surface area contributed by atoms with Gasteiger partial charge in [-0.3, -0.25) is 0 Å². The molecule has 108 valence electrons. The zero-order valence-electron chi connectivity index (χ0n) is 11.9. The van der Waals surface area contributed by atoms with E-state index in [1.807, 2.05) is 12.1 Å². The van der Waals surface area contributed by atoms with Gasteiger partial charge in [0.1, 0.15) is 5.82 Å². The van der Waals surface area contributed by atoms with Crippen LogP contribution in [0.3, 0.4) is 0 Å². The molecule has 0 saturated heterocycles. The average Bonchev–Trinajstić information content (AvgIpc) is 2.45. The molecule has 2 rings (SSSR count). The molecule has 0 aliphatic carbocycles. The van der Waals surface area contributed by atoms with Gasteiger partial charge in [0.15, 0.2) is 0 Å². The normalized spacial score (nSPS) is 11.7. The van der Waals surface area contributed by atoms with Crippen molar-refractivity contribution in [1.82, 2.24) is 0 Å². The SMILES string of the molecule is CC(Cc1ccc(F)cc1)Nc1ccc(N)c(CC#N)c1.